The van der Waals surface area contributed by atoms with E-state index in [0.29, 0.717) is 26.1 Å². The molecule has 4 atom stereocenters. The lowest BCUT2D eigenvalue weighted by Crippen LogP contribution is -2.39. The van der Waals surface area contributed by atoms with E-state index in [4.69, 9.17) is 21.1 Å². The molecule has 84 valence electrons. The third-order valence-corrected chi connectivity index (χ3v) is 4.49. The van der Waals surface area contributed by atoms with E-state index in [-0.39, 0.29) is 23.1 Å². The van der Waals surface area contributed by atoms with E-state index in [1.165, 1.54) is 0 Å². The van der Waals surface area contributed by atoms with Crippen molar-refractivity contribution in [1.82, 2.24) is 0 Å². The highest BCUT2D eigenvalue weighted by Crippen LogP contribution is 2.59. The fourth-order valence-electron chi connectivity index (χ4n) is 3.43. The van der Waals surface area contributed by atoms with E-state index in [2.05, 4.69) is 0 Å². The maximum absolute atomic E-state index is 11.2. The predicted octanol–water partition coefficient (Wildman–Crippen LogP) is 1.08. The van der Waals surface area contributed by atoms with Crippen molar-refractivity contribution in [2.75, 3.05) is 13.2 Å². The van der Waals surface area contributed by atoms with Crippen LogP contribution in [0.25, 0.3) is 0 Å². The van der Waals surface area contributed by atoms with Crippen molar-refractivity contribution in [3.63, 3.8) is 0 Å². The van der Waals surface area contributed by atoms with Gasteiger partial charge in [0.2, 0.25) is 0 Å². The number of hydrogen-bond donors (Lipinski definition) is 1. The molecule has 0 amide bonds. The summed E-state index contributed by atoms with van der Waals surface area (Å²) in [5.41, 5.74) is 0. The molecular formula is C10H13ClO4. The van der Waals surface area contributed by atoms with E-state index in [9.17, 15) is 9.90 Å². The van der Waals surface area contributed by atoms with Crippen LogP contribution in [0.4, 0.5) is 0 Å². The summed E-state index contributed by atoms with van der Waals surface area (Å²) in [6, 6.07) is 0. The lowest BCUT2D eigenvalue weighted by atomic mass is 9.93. The summed E-state index contributed by atoms with van der Waals surface area (Å²) in [5.74, 6) is -1.83. The molecule has 0 aromatic rings. The van der Waals surface area contributed by atoms with E-state index in [1.54, 1.807) is 0 Å². The molecule has 0 aromatic heterocycles. The summed E-state index contributed by atoms with van der Waals surface area (Å²) in [7, 11) is 0. The van der Waals surface area contributed by atoms with Gasteiger partial charge in [-0.25, -0.2) is 0 Å². The average Bonchev–Trinajstić information content (AvgIpc) is 2.81. The number of aliphatic carboxylic acids is 1. The van der Waals surface area contributed by atoms with Crippen LogP contribution in [0.5, 0.6) is 0 Å². The highest BCUT2D eigenvalue weighted by Gasteiger charge is 2.65. The second kappa shape index (κ2) is 3.09. The third kappa shape index (κ3) is 1.19. The number of fused-ring (bicyclic) bond motifs is 3. The summed E-state index contributed by atoms with van der Waals surface area (Å²) >= 11 is 6.13. The lowest BCUT2D eigenvalue weighted by Gasteiger charge is -2.33. The topological polar surface area (TPSA) is 55.8 Å². The zero-order chi connectivity index (χ0) is 10.6. The molecule has 1 saturated heterocycles. The van der Waals surface area contributed by atoms with Crippen LogP contribution >= 0.6 is 11.6 Å². The fraction of sp³-hybridized carbons (Fsp3) is 0.900. The first kappa shape index (κ1) is 9.87. The van der Waals surface area contributed by atoms with Crippen molar-refractivity contribution in [3.05, 3.63) is 0 Å². The van der Waals surface area contributed by atoms with Crippen LogP contribution in [0, 0.1) is 17.8 Å². The molecular weight excluding hydrogens is 220 g/mol. The van der Waals surface area contributed by atoms with E-state index in [1.807, 2.05) is 0 Å². The van der Waals surface area contributed by atoms with Gasteiger partial charge in [0.05, 0.1) is 19.1 Å². The minimum Gasteiger partial charge on any atom is -0.481 e. The normalized spacial score (nSPS) is 46.5. The Labute approximate surface area is 92.5 Å². The lowest BCUT2D eigenvalue weighted by molar-refractivity contribution is -0.195. The molecule has 2 bridgehead atoms. The Morgan fingerprint density at radius 3 is 2.60 bits per heavy atom. The maximum atomic E-state index is 11.2. The summed E-state index contributed by atoms with van der Waals surface area (Å²) < 4.78 is 11.2. The number of carboxylic acids is 1. The van der Waals surface area contributed by atoms with E-state index >= 15 is 0 Å². The van der Waals surface area contributed by atoms with E-state index < -0.39 is 11.8 Å². The number of alkyl halides is 1. The van der Waals surface area contributed by atoms with Gasteiger partial charge in [0.25, 0.3) is 0 Å². The zero-order valence-corrected chi connectivity index (χ0v) is 8.94. The summed E-state index contributed by atoms with van der Waals surface area (Å²) in [6.45, 7) is 1.14. The molecule has 5 heteroatoms. The number of ether oxygens (including phenoxy) is 2. The Bertz CT molecular complexity index is 300. The first-order valence-corrected chi connectivity index (χ1v) is 5.72. The van der Waals surface area contributed by atoms with Crippen LogP contribution in [-0.4, -0.2) is 35.5 Å². The van der Waals surface area contributed by atoms with Crippen molar-refractivity contribution in [2.24, 2.45) is 17.8 Å². The van der Waals surface area contributed by atoms with Crippen molar-refractivity contribution >= 4 is 17.6 Å². The molecule has 15 heavy (non-hydrogen) atoms. The zero-order valence-electron chi connectivity index (χ0n) is 8.19. The maximum Gasteiger partial charge on any atom is 0.307 e. The monoisotopic (exact) mass is 232 g/mol. The van der Waals surface area contributed by atoms with Crippen molar-refractivity contribution in [2.45, 2.75) is 24.0 Å². The van der Waals surface area contributed by atoms with Gasteiger partial charge in [0.15, 0.2) is 5.79 Å². The van der Waals surface area contributed by atoms with Crippen LogP contribution in [0.3, 0.4) is 0 Å². The van der Waals surface area contributed by atoms with Crippen molar-refractivity contribution in [1.29, 1.82) is 0 Å². The van der Waals surface area contributed by atoms with Gasteiger partial charge in [-0.3, -0.25) is 4.79 Å². The summed E-state index contributed by atoms with van der Waals surface area (Å²) in [6.07, 6.45) is 1.34. The predicted molar refractivity (Wildman–Crippen MR) is 51.6 cm³/mol. The smallest absolute Gasteiger partial charge is 0.307 e. The quantitative estimate of drug-likeness (QED) is 0.688. The first-order chi connectivity index (χ1) is 7.14. The minimum absolute atomic E-state index is 0.00673. The number of hydrogen-bond acceptors (Lipinski definition) is 3. The molecule has 0 aromatic carbocycles. The molecule has 3 rings (SSSR count). The largest absolute Gasteiger partial charge is 0.481 e. The van der Waals surface area contributed by atoms with Gasteiger partial charge >= 0.3 is 5.97 Å². The van der Waals surface area contributed by atoms with Crippen LogP contribution in [0.2, 0.25) is 0 Å². The molecule has 0 radical (unpaired) electrons. The number of carbonyl (C=O) groups is 1. The second-order valence-corrected chi connectivity index (χ2v) is 5.16. The molecule has 1 N–H and O–H groups in total. The Hall–Kier alpha value is -0.320. The SMILES string of the molecule is O=C(O)[C@@H]1[C@H]2CC3(OCCO3)[C@H]1C[C@@H]2Cl. The molecule has 3 fully saturated rings. The summed E-state index contributed by atoms with van der Waals surface area (Å²) in [5, 5.41) is 9.15. The van der Waals surface area contributed by atoms with Crippen molar-refractivity contribution < 1.29 is 19.4 Å². The Morgan fingerprint density at radius 2 is 2.07 bits per heavy atom. The minimum atomic E-state index is -0.760. The van der Waals surface area contributed by atoms with Crippen LogP contribution in [0.15, 0.2) is 0 Å². The number of carboxylic acid groups (broad SMARTS) is 1. The fourth-order valence-corrected chi connectivity index (χ4v) is 3.87. The van der Waals surface area contributed by atoms with Gasteiger partial charge in [0, 0.05) is 17.7 Å². The third-order valence-electron chi connectivity index (χ3n) is 3.98. The van der Waals surface area contributed by atoms with Crippen LogP contribution in [-0.2, 0) is 14.3 Å². The molecule has 1 spiro atoms. The molecule has 1 aliphatic heterocycles. The Morgan fingerprint density at radius 1 is 1.40 bits per heavy atom. The average molecular weight is 233 g/mol. The van der Waals surface area contributed by atoms with Crippen molar-refractivity contribution in [3.8, 4) is 0 Å². The summed E-state index contributed by atoms with van der Waals surface area (Å²) in [4.78, 5) is 11.2. The highest BCUT2D eigenvalue weighted by molar-refractivity contribution is 6.21. The molecule has 2 aliphatic carbocycles. The van der Waals surface area contributed by atoms with Crippen LogP contribution < -0.4 is 0 Å². The Balaban J connectivity index is 1.92. The van der Waals surface area contributed by atoms with Gasteiger partial charge in [-0.1, -0.05) is 0 Å². The van der Waals surface area contributed by atoms with Gasteiger partial charge < -0.3 is 14.6 Å². The standard InChI is InChI=1S/C10H13ClO4/c11-7-3-6-8(9(12)13)5(7)4-10(6)14-1-2-15-10/h5-8H,1-4H2,(H,12,13)/t5-,6-,7-,8+/m0/s1. The van der Waals surface area contributed by atoms with E-state index in [0.717, 1.165) is 0 Å². The highest BCUT2D eigenvalue weighted by atomic mass is 35.5. The van der Waals surface area contributed by atoms with Gasteiger partial charge in [-0.15, -0.1) is 11.6 Å². The molecule has 4 nitrogen and oxygen atoms in total. The first-order valence-electron chi connectivity index (χ1n) is 5.29. The van der Waals surface area contributed by atoms with Gasteiger partial charge in [-0.05, 0) is 12.3 Å². The molecule has 2 saturated carbocycles. The molecule has 1 heterocycles. The van der Waals surface area contributed by atoms with Gasteiger partial charge in [-0.2, -0.15) is 0 Å². The molecule has 0 unspecified atom stereocenters. The Kier molecular flexibility index (Phi) is 2.03. The second-order valence-electron chi connectivity index (χ2n) is 4.60. The number of rotatable bonds is 1. The van der Waals surface area contributed by atoms with Crippen LogP contribution in [0.1, 0.15) is 12.8 Å². The number of halogens is 1. The molecule has 3 aliphatic rings. The van der Waals surface area contributed by atoms with Gasteiger partial charge in [0.1, 0.15) is 0 Å².